The van der Waals surface area contributed by atoms with E-state index in [-0.39, 0.29) is 5.49 Å². The Bertz CT molecular complexity index is 338. The SMILES string of the molecule is CC.CC(C)c1cn(C=N)c(=N)cn1. The van der Waals surface area contributed by atoms with Crippen LogP contribution in [0.2, 0.25) is 0 Å². The third-order valence-electron chi connectivity index (χ3n) is 1.62. The zero-order valence-corrected chi connectivity index (χ0v) is 9.20. The molecule has 0 radical (unpaired) electrons. The van der Waals surface area contributed by atoms with Crippen LogP contribution in [0.5, 0.6) is 0 Å². The second-order valence-corrected chi connectivity index (χ2v) is 2.89. The molecule has 1 aromatic heterocycles. The Kier molecular flexibility index (Phi) is 5.44. The number of nitrogens with zero attached hydrogens (tertiary/aromatic N) is 2. The van der Waals surface area contributed by atoms with Crippen LogP contribution in [0.15, 0.2) is 12.4 Å². The van der Waals surface area contributed by atoms with Gasteiger partial charge in [-0.15, -0.1) is 0 Å². The monoisotopic (exact) mass is 194 g/mol. The maximum absolute atomic E-state index is 7.36. The summed E-state index contributed by atoms with van der Waals surface area (Å²) in [5.74, 6) is 0.330. The van der Waals surface area contributed by atoms with E-state index >= 15 is 0 Å². The largest absolute Gasteiger partial charge is 0.291 e. The Labute approximate surface area is 84.6 Å². The predicted molar refractivity (Wildman–Crippen MR) is 57.7 cm³/mol. The molecule has 4 heteroatoms. The summed E-state index contributed by atoms with van der Waals surface area (Å²) in [4.78, 5) is 4.07. The quantitative estimate of drug-likeness (QED) is 0.548. The van der Waals surface area contributed by atoms with Gasteiger partial charge in [0.25, 0.3) is 0 Å². The van der Waals surface area contributed by atoms with Crippen LogP contribution in [0.25, 0.3) is 0 Å². The fourth-order valence-electron chi connectivity index (χ4n) is 0.853. The fraction of sp³-hybridized carbons (Fsp3) is 0.500. The fourth-order valence-corrected chi connectivity index (χ4v) is 0.853. The van der Waals surface area contributed by atoms with Gasteiger partial charge in [0.05, 0.1) is 18.2 Å². The zero-order chi connectivity index (χ0) is 11.1. The first-order valence-electron chi connectivity index (χ1n) is 4.78. The minimum Gasteiger partial charge on any atom is -0.291 e. The Morgan fingerprint density at radius 2 is 2.00 bits per heavy atom. The normalized spacial score (nSPS) is 9.21. The average molecular weight is 194 g/mol. The highest BCUT2D eigenvalue weighted by Crippen LogP contribution is 2.07. The summed E-state index contributed by atoms with van der Waals surface area (Å²) in [6.07, 6.45) is 4.27. The highest BCUT2D eigenvalue weighted by atomic mass is 15.0. The van der Waals surface area contributed by atoms with E-state index in [1.54, 1.807) is 6.20 Å². The zero-order valence-electron chi connectivity index (χ0n) is 9.20. The van der Waals surface area contributed by atoms with E-state index in [0.717, 1.165) is 12.0 Å². The number of nitrogens with one attached hydrogen (secondary N) is 2. The molecule has 1 rings (SSSR count). The molecule has 2 N–H and O–H groups in total. The van der Waals surface area contributed by atoms with Gasteiger partial charge >= 0.3 is 0 Å². The first kappa shape index (κ1) is 12.6. The van der Waals surface area contributed by atoms with Crippen molar-refractivity contribution in [2.75, 3.05) is 0 Å². The van der Waals surface area contributed by atoms with Gasteiger partial charge in [-0.05, 0) is 5.92 Å². The molecule has 0 saturated carbocycles. The van der Waals surface area contributed by atoms with Gasteiger partial charge in [0.2, 0.25) is 0 Å². The molecule has 0 aliphatic carbocycles. The lowest BCUT2D eigenvalue weighted by atomic mass is 10.1. The molecule has 4 nitrogen and oxygen atoms in total. The number of hydrogen-bond donors (Lipinski definition) is 2. The maximum atomic E-state index is 7.36. The first-order valence-corrected chi connectivity index (χ1v) is 4.78. The van der Waals surface area contributed by atoms with Gasteiger partial charge in [-0.2, -0.15) is 0 Å². The van der Waals surface area contributed by atoms with Crippen LogP contribution in [-0.2, 0) is 0 Å². The van der Waals surface area contributed by atoms with Crippen molar-refractivity contribution in [1.82, 2.24) is 9.55 Å². The summed E-state index contributed by atoms with van der Waals surface area (Å²) in [5, 5.41) is 14.4. The summed E-state index contributed by atoms with van der Waals surface area (Å²) in [6.45, 7) is 8.06. The molecule has 0 atom stereocenters. The summed E-state index contributed by atoms with van der Waals surface area (Å²) < 4.78 is 1.43. The summed E-state index contributed by atoms with van der Waals surface area (Å²) in [6, 6.07) is 0. The van der Waals surface area contributed by atoms with E-state index in [0.29, 0.717) is 5.92 Å². The molecule has 0 spiro atoms. The van der Waals surface area contributed by atoms with Crippen molar-refractivity contribution in [3.63, 3.8) is 0 Å². The van der Waals surface area contributed by atoms with Gasteiger partial charge in [0, 0.05) is 6.20 Å². The average Bonchev–Trinajstić information content (AvgIpc) is 2.21. The molecular formula is C10H18N4. The second kappa shape index (κ2) is 6.07. The number of aromatic nitrogens is 2. The summed E-state index contributed by atoms with van der Waals surface area (Å²) in [5.41, 5.74) is 1.13. The molecule has 78 valence electrons. The molecule has 0 bridgehead atoms. The van der Waals surface area contributed by atoms with Crippen LogP contribution in [0.1, 0.15) is 39.3 Å². The van der Waals surface area contributed by atoms with Gasteiger partial charge in [-0.25, -0.2) is 0 Å². The van der Waals surface area contributed by atoms with Crippen LogP contribution in [0, 0.1) is 10.8 Å². The van der Waals surface area contributed by atoms with Crippen LogP contribution in [0.4, 0.5) is 0 Å². The van der Waals surface area contributed by atoms with Gasteiger partial charge in [-0.1, -0.05) is 27.7 Å². The van der Waals surface area contributed by atoms with Gasteiger partial charge in [0.1, 0.15) is 5.49 Å². The molecule has 0 saturated heterocycles. The number of rotatable bonds is 2. The minimum atomic E-state index is 0.231. The van der Waals surface area contributed by atoms with E-state index in [1.807, 2.05) is 27.7 Å². The van der Waals surface area contributed by atoms with Crippen molar-refractivity contribution in [2.24, 2.45) is 0 Å². The molecule has 1 heterocycles. The lowest BCUT2D eigenvalue weighted by Crippen LogP contribution is -2.20. The predicted octanol–water partition coefficient (Wildman–Crippen LogP) is 1.97. The lowest BCUT2D eigenvalue weighted by Gasteiger charge is -2.05. The second-order valence-electron chi connectivity index (χ2n) is 2.89. The van der Waals surface area contributed by atoms with E-state index in [4.69, 9.17) is 10.8 Å². The lowest BCUT2D eigenvalue weighted by molar-refractivity contribution is 0.786. The third kappa shape index (κ3) is 3.12. The van der Waals surface area contributed by atoms with Crippen molar-refractivity contribution >= 4 is 6.34 Å². The molecule has 0 aromatic carbocycles. The molecule has 0 fully saturated rings. The Morgan fingerprint density at radius 3 is 2.43 bits per heavy atom. The Morgan fingerprint density at radius 1 is 1.43 bits per heavy atom. The van der Waals surface area contributed by atoms with Crippen molar-refractivity contribution in [1.29, 1.82) is 10.8 Å². The molecule has 0 amide bonds. The van der Waals surface area contributed by atoms with Crippen LogP contribution >= 0.6 is 0 Å². The number of hydrogen-bond acceptors (Lipinski definition) is 3. The topological polar surface area (TPSA) is 65.5 Å². The highest BCUT2D eigenvalue weighted by molar-refractivity contribution is 5.53. The molecule has 1 aromatic rings. The first-order chi connectivity index (χ1) is 6.65. The molecule has 14 heavy (non-hydrogen) atoms. The highest BCUT2D eigenvalue weighted by Gasteiger charge is 2.00. The standard InChI is InChI=1S/C8H12N4.C2H6/c1-6(2)7-4-12(5-9)8(10)3-11-7;1-2/h3-6,9-10H,1-2H3;1-2H3. The van der Waals surface area contributed by atoms with Crippen LogP contribution < -0.4 is 5.49 Å². The summed E-state index contributed by atoms with van der Waals surface area (Å²) in [7, 11) is 0. The molecule has 0 aliphatic rings. The smallest absolute Gasteiger partial charge is 0.148 e. The Hall–Kier alpha value is -1.45. The van der Waals surface area contributed by atoms with Gasteiger partial charge < -0.3 is 0 Å². The third-order valence-corrected chi connectivity index (χ3v) is 1.62. The van der Waals surface area contributed by atoms with E-state index in [1.165, 1.54) is 10.8 Å². The van der Waals surface area contributed by atoms with E-state index < -0.39 is 0 Å². The molecule has 0 aliphatic heterocycles. The maximum Gasteiger partial charge on any atom is 0.148 e. The molecular weight excluding hydrogens is 176 g/mol. The van der Waals surface area contributed by atoms with Crippen molar-refractivity contribution in [3.8, 4) is 0 Å². The van der Waals surface area contributed by atoms with Crippen molar-refractivity contribution < 1.29 is 0 Å². The Balaban J connectivity index is 0.000000791. The summed E-state index contributed by atoms with van der Waals surface area (Å²) >= 11 is 0. The van der Waals surface area contributed by atoms with Crippen molar-refractivity contribution in [3.05, 3.63) is 23.6 Å². The van der Waals surface area contributed by atoms with E-state index in [9.17, 15) is 0 Å². The van der Waals surface area contributed by atoms with Gasteiger partial charge in [0.15, 0.2) is 0 Å². The van der Waals surface area contributed by atoms with Crippen LogP contribution in [-0.4, -0.2) is 15.9 Å². The van der Waals surface area contributed by atoms with E-state index in [2.05, 4.69) is 4.98 Å². The minimum absolute atomic E-state index is 0.231. The molecule has 0 unspecified atom stereocenters. The van der Waals surface area contributed by atoms with Gasteiger partial charge in [-0.3, -0.25) is 20.4 Å². The van der Waals surface area contributed by atoms with Crippen LogP contribution in [0.3, 0.4) is 0 Å². The van der Waals surface area contributed by atoms with Crippen molar-refractivity contribution in [2.45, 2.75) is 33.6 Å².